The Morgan fingerprint density at radius 1 is 1.32 bits per heavy atom. The van der Waals surface area contributed by atoms with Crippen LogP contribution in [0.5, 0.6) is 0 Å². The lowest BCUT2D eigenvalue weighted by molar-refractivity contribution is -0.144. The van der Waals surface area contributed by atoms with Crippen molar-refractivity contribution >= 4 is 17.7 Å². The van der Waals surface area contributed by atoms with Crippen LogP contribution in [-0.4, -0.2) is 30.1 Å². The quantitative estimate of drug-likeness (QED) is 0.558. The Bertz CT molecular complexity index is 356. The fourth-order valence-corrected chi connectivity index (χ4v) is 2.67. The van der Waals surface area contributed by atoms with E-state index in [2.05, 4.69) is 24.3 Å². The minimum atomic E-state index is -0.487. The highest BCUT2D eigenvalue weighted by atomic mass is 32.2. The number of unbranched alkanes of at least 4 members (excludes halogenated alkanes) is 1. The number of ether oxygens (including phenoxy) is 1. The van der Waals surface area contributed by atoms with Gasteiger partial charge < -0.3 is 10.5 Å². The average molecular weight is 281 g/mol. The summed E-state index contributed by atoms with van der Waals surface area (Å²) >= 11 is 1.72. The predicted octanol–water partition coefficient (Wildman–Crippen LogP) is 2.63. The number of benzene rings is 1. The summed E-state index contributed by atoms with van der Waals surface area (Å²) in [5, 5.41) is 0. The van der Waals surface area contributed by atoms with E-state index in [0.29, 0.717) is 12.4 Å². The van der Waals surface area contributed by atoms with E-state index in [9.17, 15) is 4.79 Å². The van der Waals surface area contributed by atoms with Crippen LogP contribution in [0, 0.1) is 0 Å². The molecule has 0 saturated carbocycles. The smallest absolute Gasteiger partial charge is 0.323 e. The fourth-order valence-electron chi connectivity index (χ4n) is 1.71. The Kier molecular flexibility index (Phi) is 8.34. The monoisotopic (exact) mass is 281 g/mol. The van der Waals surface area contributed by atoms with Crippen LogP contribution in [0.2, 0.25) is 0 Å². The molecule has 19 heavy (non-hydrogen) atoms. The van der Waals surface area contributed by atoms with Gasteiger partial charge in [-0.25, -0.2) is 0 Å². The van der Waals surface area contributed by atoms with Crippen LogP contribution >= 0.6 is 11.8 Å². The second kappa shape index (κ2) is 9.87. The first-order chi connectivity index (χ1) is 9.24. The van der Waals surface area contributed by atoms with Gasteiger partial charge in [0.1, 0.15) is 6.04 Å². The molecule has 0 bridgehead atoms. The highest BCUT2D eigenvalue weighted by Gasteiger charge is 2.13. The molecular formula is C15H23NO2S. The van der Waals surface area contributed by atoms with Crippen LogP contribution in [0.15, 0.2) is 30.3 Å². The van der Waals surface area contributed by atoms with E-state index in [-0.39, 0.29) is 5.97 Å². The number of carbonyl (C=O) groups excluding carboxylic acids is 1. The molecule has 0 aromatic heterocycles. The van der Waals surface area contributed by atoms with E-state index >= 15 is 0 Å². The SMILES string of the molecule is CCOC(=O)C(N)CSCCCCc1ccccc1. The first-order valence-electron chi connectivity index (χ1n) is 6.78. The summed E-state index contributed by atoms with van der Waals surface area (Å²) in [5.74, 6) is 1.39. The van der Waals surface area contributed by atoms with Gasteiger partial charge in [0.05, 0.1) is 6.61 Å². The zero-order valence-electron chi connectivity index (χ0n) is 11.5. The van der Waals surface area contributed by atoms with Crippen LogP contribution in [0.4, 0.5) is 0 Å². The first-order valence-corrected chi connectivity index (χ1v) is 7.93. The van der Waals surface area contributed by atoms with Crippen molar-refractivity contribution in [3.63, 3.8) is 0 Å². The van der Waals surface area contributed by atoms with Gasteiger partial charge >= 0.3 is 5.97 Å². The lowest BCUT2D eigenvalue weighted by atomic mass is 10.1. The van der Waals surface area contributed by atoms with Crippen molar-refractivity contribution in [3.8, 4) is 0 Å². The van der Waals surface area contributed by atoms with E-state index in [4.69, 9.17) is 10.5 Å². The van der Waals surface area contributed by atoms with Crippen molar-refractivity contribution in [2.24, 2.45) is 5.73 Å². The van der Waals surface area contributed by atoms with Gasteiger partial charge in [0.2, 0.25) is 0 Å². The topological polar surface area (TPSA) is 52.3 Å². The second-order valence-electron chi connectivity index (χ2n) is 4.38. The molecule has 0 aliphatic carbocycles. The maximum absolute atomic E-state index is 11.3. The van der Waals surface area contributed by atoms with Gasteiger partial charge in [0, 0.05) is 5.75 Å². The number of carbonyl (C=O) groups is 1. The third kappa shape index (κ3) is 7.23. The van der Waals surface area contributed by atoms with Gasteiger partial charge in [-0.05, 0) is 37.5 Å². The van der Waals surface area contributed by atoms with Crippen molar-refractivity contribution in [1.82, 2.24) is 0 Å². The molecule has 0 radical (unpaired) electrons. The molecule has 0 aliphatic rings. The van der Waals surface area contributed by atoms with Gasteiger partial charge in [0.25, 0.3) is 0 Å². The molecular weight excluding hydrogens is 258 g/mol. The van der Waals surface area contributed by atoms with Gasteiger partial charge in [-0.15, -0.1) is 0 Å². The number of esters is 1. The van der Waals surface area contributed by atoms with Crippen LogP contribution < -0.4 is 5.73 Å². The number of hydrogen-bond donors (Lipinski definition) is 1. The third-order valence-corrected chi connectivity index (χ3v) is 3.91. The lowest BCUT2D eigenvalue weighted by Crippen LogP contribution is -2.34. The van der Waals surface area contributed by atoms with Gasteiger partial charge in [-0.3, -0.25) is 4.79 Å². The number of aryl methyl sites for hydroxylation is 1. The van der Waals surface area contributed by atoms with Crippen LogP contribution in [0.1, 0.15) is 25.3 Å². The summed E-state index contributed by atoms with van der Waals surface area (Å²) in [6.07, 6.45) is 3.44. The van der Waals surface area contributed by atoms with E-state index < -0.39 is 6.04 Å². The normalized spacial score (nSPS) is 12.1. The molecule has 2 N–H and O–H groups in total. The molecule has 0 fully saturated rings. The van der Waals surface area contributed by atoms with E-state index in [1.54, 1.807) is 18.7 Å². The van der Waals surface area contributed by atoms with Crippen LogP contribution in [-0.2, 0) is 16.0 Å². The van der Waals surface area contributed by atoms with Crippen molar-refractivity contribution in [2.45, 2.75) is 32.2 Å². The van der Waals surface area contributed by atoms with Crippen LogP contribution in [0.3, 0.4) is 0 Å². The predicted molar refractivity (Wildman–Crippen MR) is 81.3 cm³/mol. The zero-order chi connectivity index (χ0) is 13.9. The first kappa shape index (κ1) is 16.1. The molecule has 1 aromatic rings. The average Bonchev–Trinajstić information content (AvgIpc) is 2.43. The minimum absolute atomic E-state index is 0.292. The number of thioether (sulfide) groups is 1. The lowest BCUT2D eigenvalue weighted by Gasteiger charge is -2.09. The van der Waals surface area contributed by atoms with Gasteiger partial charge in [-0.1, -0.05) is 30.3 Å². The number of rotatable bonds is 9. The molecule has 106 valence electrons. The highest BCUT2D eigenvalue weighted by molar-refractivity contribution is 7.99. The third-order valence-electron chi connectivity index (χ3n) is 2.73. The van der Waals surface area contributed by atoms with E-state index in [0.717, 1.165) is 18.6 Å². The van der Waals surface area contributed by atoms with Gasteiger partial charge in [-0.2, -0.15) is 11.8 Å². The van der Waals surface area contributed by atoms with Crippen molar-refractivity contribution in [1.29, 1.82) is 0 Å². The summed E-state index contributed by atoms with van der Waals surface area (Å²) in [5.41, 5.74) is 7.10. The maximum Gasteiger partial charge on any atom is 0.323 e. The van der Waals surface area contributed by atoms with Crippen molar-refractivity contribution < 1.29 is 9.53 Å². The summed E-state index contributed by atoms with van der Waals surface area (Å²) in [6, 6.07) is 10.0. The van der Waals surface area contributed by atoms with E-state index in [1.165, 1.54) is 12.0 Å². The van der Waals surface area contributed by atoms with Crippen molar-refractivity contribution in [3.05, 3.63) is 35.9 Å². The molecule has 1 atom stereocenters. The molecule has 3 nitrogen and oxygen atoms in total. The molecule has 1 aromatic carbocycles. The molecule has 0 spiro atoms. The standard InChI is InChI=1S/C15H23NO2S/c1-2-18-15(17)14(16)12-19-11-7-6-10-13-8-4-3-5-9-13/h3-5,8-9,14H,2,6-7,10-12,16H2,1H3. The maximum atomic E-state index is 11.3. The Morgan fingerprint density at radius 3 is 2.74 bits per heavy atom. The number of nitrogens with two attached hydrogens (primary N) is 1. The fraction of sp³-hybridized carbons (Fsp3) is 0.533. The molecule has 1 unspecified atom stereocenters. The molecule has 1 rings (SSSR count). The highest BCUT2D eigenvalue weighted by Crippen LogP contribution is 2.10. The number of hydrogen-bond acceptors (Lipinski definition) is 4. The molecule has 0 amide bonds. The molecule has 4 heteroatoms. The molecule has 0 aliphatic heterocycles. The summed E-state index contributed by atoms with van der Waals surface area (Å²) in [4.78, 5) is 11.3. The Balaban J connectivity index is 2.01. The summed E-state index contributed by atoms with van der Waals surface area (Å²) in [7, 11) is 0. The molecule has 0 heterocycles. The van der Waals surface area contributed by atoms with Gasteiger partial charge in [0.15, 0.2) is 0 Å². The minimum Gasteiger partial charge on any atom is -0.465 e. The Morgan fingerprint density at radius 2 is 2.05 bits per heavy atom. The largest absolute Gasteiger partial charge is 0.465 e. The zero-order valence-corrected chi connectivity index (χ0v) is 12.3. The Labute approximate surface area is 119 Å². The van der Waals surface area contributed by atoms with Crippen molar-refractivity contribution in [2.75, 3.05) is 18.1 Å². The van der Waals surface area contributed by atoms with Crippen LogP contribution in [0.25, 0.3) is 0 Å². The molecule has 0 saturated heterocycles. The summed E-state index contributed by atoms with van der Waals surface area (Å²) < 4.78 is 4.86. The van der Waals surface area contributed by atoms with E-state index in [1.807, 2.05) is 6.07 Å². The Hall–Kier alpha value is -1.00. The summed E-state index contributed by atoms with van der Waals surface area (Å²) in [6.45, 7) is 2.19. The second-order valence-corrected chi connectivity index (χ2v) is 5.53.